The third kappa shape index (κ3) is 2.31. The fraction of sp³-hybridized carbons (Fsp3) is 0.429. The lowest BCUT2D eigenvalue weighted by molar-refractivity contribution is 0.0733. The average molecular weight is 228 g/mol. The second-order valence-electron chi connectivity index (χ2n) is 4.39. The molecule has 1 saturated heterocycles. The van der Waals surface area contributed by atoms with Gasteiger partial charge in [-0.25, -0.2) is 0 Å². The van der Waals surface area contributed by atoms with Gasteiger partial charge >= 0.3 is 0 Å². The number of amides is 1. The Morgan fingerprint density at radius 1 is 1.47 bits per heavy atom. The van der Waals surface area contributed by atoms with Crippen LogP contribution in [0.4, 0.5) is 0 Å². The summed E-state index contributed by atoms with van der Waals surface area (Å²) < 4.78 is 0. The zero-order valence-corrected chi connectivity index (χ0v) is 10.0. The van der Waals surface area contributed by atoms with E-state index in [1.807, 2.05) is 4.90 Å². The number of benzene rings is 1. The number of nitrogens with zero attached hydrogens (tertiary/aromatic N) is 2. The van der Waals surface area contributed by atoms with Crippen molar-refractivity contribution in [3.8, 4) is 6.07 Å². The summed E-state index contributed by atoms with van der Waals surface area (Å²) in [6, 6.07) is 9.33. The number of carbonyl (C=O) groups is 1. The van der Waals surface area contributed by atoms with Crippen molar-refractivity contribution in [1.82, 2.24) is 4.90 Å². The Morgan fingerprint density at radius 3 is 2.76 bits per heavy atom. The van der Waals surface area contributed by atoms with E-state index in [1.165, 1.54) is 0 Å². The van der Waals surface area contributed by atoms with Gasteiger partial charge in [-0.05, 0) is 43.5 Å². The molecule has 0 bridgehead atoms. The molecule has 88 valence electrons. The average Bonchev–Trinajstić information content (AvgIpc) is 2.86. The van der Waals surface area contributed by atoms with Crippen molar-refractivity contribution in [1.29, 1.82) is 5.26 Å². The Bertz CT molecular complexity index is 444. The van der Waals surface area contributed by atoms with Gasteiger partial charge < -0.3 is 4.90 Å². The molecule has 1 heterocycles. The summed E-state index contributed by atoms with van der Waals surface area (Å²) in [6.45, 7) is 2.98. The molecule has 0 aromatic heterocycles. The number of likely N-dealkylation sites (tertiary alicyclic amines) is 1. The van der Waals surface area contributed by atoms with E-state index in [-0.39, 0.29) is 5.91 Å². The number of rotatable bonds is 2. The monoisotopic (exact) mass is 228 g/mol. The molecule has 1 fully saturated rings. The van der Waals surface area contributed by atoms with E-state index in [0.717, 1.165) is 25.8 Å². The Balaban J connectivity index is 2.16. The highest BCUT2D eigenvalue weighted by atomic mass is 16.2. The first-order valence-electron chi connectivity index (χ1n) is 6.07. The van der Waals surface area contributed by atoms with Gasteiger partial charge in [0.15, 0.2) is 0 Å². The molecular formula is C14H16N2O. The molecule has 1 aromatic carbocycles. The highest BCUT2D eigenvalue weighted by Gasteiger charge is 2.27. The smallest absolute Gasteiger partial charge is 0.254 e. The first-order valence-corrected chi connectivity index (χ1v) is 6.07. The maximum atomic E-state index is 12.3. The lowest BCUT2D eigenvalue weighted by atomic mass is 10.1. The first-order chi connectivity index (χ1) is 8.26. The van der Waals surface area contributed by atoms with E-state index in [2.05, 4.69) is 13.0 Å². The molecule has 1 aromatic rings. The molecule has 2 rings (SSSR count). The molecule has 0 saturated carbocycles. The standard InChI is InChI=1S/C14H16N2O/c1-2-13-4-3-9-16(13)14(17)12-7-5-11(10-15)6-8-12/h5-8,13H,2-4,9H2,1H3. The van der Waals surface area contributed by atoms with E-state index in [4.69, 9.17) is 5.26 Å². The second-order valence-corrected chi connectivity index (χ2v) is 4.39. The fourth-order valence-electron chi connectivity index (χ4n) is 2.38. The summed E-state index contributed by atoms with van der Waals surface area (Å²) in [5, 5.41) is 8.71. The third-order valence-electron chi connectivity index (χ3n) is 3.37. The van der Waals surface area contributed by atoms with Crippen LogP contribution in [0.15, 0.2) is 24.3 Å². The van der Waals surface area contributed by atoms with E-state index in [9.17, 15) is 4.79 Å². The molecule has 0 spiro atoms. The van der Waals surface area contributed by atoms with Gasteiger partial charge in [-0.15, -0.1) is 0 Å². The van der Waals surface area contributed by atoms with Crippen LogP contribution < -0.4 is 0 Å². The summed E-state index contributed by atoms with van der Waals surface area (Å²) in [5.41, 5.74) is 1.28. The first kappa shape index (κ1) is 11.7. The SMILES string of the molecule is CCC1CCCN1C(=O)c1ccc(C#N)cc1. The Morgan fingerprint density at radius 2 is 2.18 bits per heavy atom. The molecule has 1 aliphatic rings. The molecule has 1 atom stereocenters. The Labute approximate surface area is 102 Å². The lowest BCUT2D eigenvalue weighted by Crippen LogP contribution is -2.35. The van der Waals surface area contributed by atoms with Crippen LogP contribution in [0.3, 0.4) is 0 Å². The molecule has 0 N–H and O–H groups in total. The Kier molecular flexibility index (Phi) is 3.43. The summed E-state index contributed by atoms with van der Waals surface area (Å²) >= 11 is 0. The van der Waals surface area contributed by atoms with Crippen LogP contribution in [-0.2, 0) is 0 Å². The quantitative estimate of drug-likeness (QED) is 0.780. The van der Waals surface area contributed by atoms with Crippen molar-refractivity contribution in [3.05, 3.63) is 35.4 Å². The van der Waals surface area contributed by atoms with Gasteiger partial charge in [-0.3, -0.25) is 4.79 Å². The van der Waals surface area contributed by atoms with Gasteiger partial charge in [-0.2, -0.15) is 5.26 Å². The molecule has 0 radical (unpaired) electrons. The van der Waals surface area contributed by atoms with Crippen molar-refractivity contribution in [2.45, 2.75) is 32.2 Å². The molecule has 17 heavy (non-hydrogen) atoms. The highest BCUT2D eigenvalue weighted by Crippen LogP contribution is 2.22. The zero-order chi connectivity index (χ0) is 12.3. The Hall–Kier alpha value is -1.82. The predicted octanol–water partition coefficient (Wildman–Crippen LogP) is 2.57. The van der Waals surface area contributed by atoms with Gasteiger partial charge in [0.25, 0.3) is 5.91 Å². The molecule has 1 unspecified atom stereocenters. The van der Waals surface area contributed by atoms with Crippen LogP contribution in [0.5, 0.6) is 0 Å². The minimum absolute atomic E-state index is 0.0961. The van der Waals surface area contributed by atoms with Crippen LogP contribution in [0, 0.1) is 11.3 Å². The summed E-state index contributed by atoms with van der Waals surface area (Å²) in [4.78, 5) is 14.2. The van der Waals surface area contributed by atoms with E-state index in [1.54, 1.807) is 24.3 Å². The van der Waals surface area contributed by atoms with Crippen LogP contribution in [0.25, 0.3) is 0 Å². The van der Waals surface area contributed by atoms with Gasteiger partial charge in [0.2, 0.25) is 0 Å². The molecular weight excluding hydrogens is 212 g/mol. The summed E-state index contributed by atoms with van der Waals surface area (Å²) in [6.07, 6.45) is 3.22. The van der Waals surface area contributed by atoms with Gasteiger partial charge in [0, 0.05) is 18.2 Å². The maximum Gasteiger partial charge on any atom is 0.254 e. The van der Waals surface area contributed by atoms with Gasteiger partial charge in [-0.1, -0.05) is 6.92 Å². The number of hydrogen-bond donors (Lipinski definition) is 0. The largest absolute Gasteiger partial charge is 0.336 e. The van der Waals surface area contributed by atoms with Crippen LogP contribution in [0.1, 0.15) is 42.1 Å². The molecule has 1 amide bonds. The molecule has 3 nitrogen and oxygen atoms in total. The van der Waals surface area contributed by atoms with Crippen molar-refractivity contribution < 1.29 is 4.79 Å². The lowest BCUT2D eigenvalue weighted by Gasteiger charge is -2.23. The van der Waals surface area contributed by atoms with Gasteiger partial charge in [0.05, 0.1) is 11.6 Å². The number of hydrogen-bond acceptors (Lipinski definition) is 2. The highest BCUT2D eigenvalue weighted by molar-refractivity contribution is 5.94. The fourth-order valence-corrected chi connectivity index (χ4v) is 2.38. The minimum Gasteiger partial charge on any atom is -0.336 e. The minimum atomic E-state index is 0.0961. The summed E-state index contributed by atoms with van der Waals surface area (Å²) in [5.74, 6) is 0.0961. The number of nitriles is 1. The summed E-state index contributed by atoms with van der Waals surface area (Å²) in [7, 11) is 0. The van der Waals surface area contributed by atoms with Crippen molar-refractivity contribution >= 4 is 5.91 Å². The molecule has 3 heteroatoms. The van der Waals surface area contributed by atoms with Crippen molar-refractivity contribution in [2.75, 3.05) is 6.54 Å². The van der Waals surface area contributed by atoms with Crippen molar-refractivity contribution in [2.24, 2.45) is 0 Å². The van der Waals surface area contributed by atoms with Crippen LogP contribution in [0.2, 0.25) is 0 Å². The number of carbonyl (C=O) groups excluding carboxylic acids is 1. The molecule has 1 aliphatic heterocycles. The predicted molar refractivity (Wildman–Crippen MR) is 65.5 cm³/mol. The third-order valence-corrected chi connectivity index (χ3v) is 3.37. The van der Waals surface area contributed by atoms with E-state index >= 15 is 0 Å². The van der Waals surface area contributed by atoms with Gasteiger partial charge in [0.1, 0.15) is 0 Å². The van der Waals surface area contributed by atoms with E-state index in [0.29, 0.717) is 17.2 Å². The van der Waals surface area contributed by atoms with E-state index < -0.39 is 0 Å². The zero-order valence-electron chi connectivity index (χ0n) is 10.0. The maximum absolute atomic E-state index is 12.3. The van der Waals surface area contributed by atoms with Crippen LogP contribution in [-0.4, -0.2) is 23.4 Å². The second kappa shape index (κ2) is 5.01. The van der Waals surface area contributed by atoms with Crippen molar-refractivity contribution in [3.63, 3.8) is 0 Å². The normalized spacial score (nSPS) is 19.1. The van der Waals surface area contributed by atoms with Crippen LogP contribution >= 0.6 is 0 Å². The topological polar surface area (TPSA) is 44.1 Å². The molecule has 0 aliphatic carbocycles.